The molecule has 1 aromatic rings. The Balaban J connectivity index is 1.85. The lowest BCUT2D eigenvalue weighted by Crippen LogP contribution is -2.44. The van der Waals surface area contributed by atoms with E-state index in [0.717, 1.165) is 25.8 Å². The molecular weight excluding hydrogens is 266 g/mol. The highest BCUT2D eigenvalue weighted by molar-refractivity contribution is 5.96. The van der Waals surface area contributed by atoms with Gasteiger partial charge in [-0.25, -0.2) is 0 Å². The number of benzene rings is 1. The number of hydrogen-bond donors (Lipinski definition) is 1. The van der Waals surface area contributed by atoms with E-state index >= 15 is 0 Å². The Hall–Kier alpha value is -1.39. The van der Waals surface area contributed by atoms with E-state index in [4.69, 9.17) is 4.74 Å². The molecule has 1 aliphatic rings. The summed E-state index contributed by atoms with van der Waals surface area (Å²) in [5, 5.41) is 10.0. The molecule has 0 aromatic heterocycles. The maximum atomic E-state index is 11.5. The quantitative estimate of drug-likeness (QED) is 0.818. The molecule has 1 fully saturated rings. The molecule has 0 saturated heterocycles. The van der Waals surface area contributed by atoms with Gasteiger partial charge < -0.3 is 9.84 Å². The standard InChI is InChI=1S/C17H25NO3/c1-13(19)14-7-3-6-10-17(14)21-12-11-18(2)15-8-4-5-9-16(15)20/h3,6-7,10,15-16,20H,4-5,8-9,11-12H2,1-2H3. The fraction of sp³-hybridized carbons (Fsp3) is 0.588. The molecular formula is C17H25NO3. The van der Waals surface area contributed by atoms with Crippen LogP contribution in [0.15, 0.2) is 24.3 Å². The molecule has 2 atom stereocenters. The lowest BCUT2D eigenvalue weighted by Gasteiger charge is -2.35. The van der Waals surface area contributed by atoms with Crippen molar-refractivity contribution in [3.63, 3.8) is 0 Å². The Labute approximate surface area is 126 Å². The first-order chi connectivity index (χ1) is 10.1. The monoisotopic (exact) mass is 291 g/mol. The Bertz CT molecular complexity index is 475. The summed E-state index contributed by atoms with van der Waals surface area (Å²) in [4.78, 5) is 13.7. The van der Waals surface area contributed by atoms with Crippen LogP contribution >= 0.6 is 0 Å². The first-order valence-corrected chi connectivity index (χ1v) is 7.70. The van der Waals surface area contributed by atoms with Crippen LogP contribution in [0.25, 0.3) is 0 Å². The zero-order valence-corrected chi connectivity index (χ0v) is 12.9. The first kappa shape index (κ1) is 16.0. The maximum absolute atomic E-state index is 11.5. The highest BCUT2D eigenvalue weighted by atomic mass is 16.5. The van der Waals surface area contributed by atoms with Gasteiger partial charge in [-0.3, -0.25) is 9.69 Å². The van der Waals surface area contributed by atoms with Crippen LogP contribution in [0.2, 0.25) is 0 Å². The fourth-order valence-corrected chi connectivity index (χ4v) is 2.95. The van der Waals surface area contributed by atoms with Gasteiger partial charge in [0.1, 0.15) is 12.4 Å². The second kappa shape index (κ2) is 7.57. The van der Waals surface area contributed by atoms with E-state index in [-0.39, 0.29) is 17.9 Å². The topological polar surface area (TPSA) is 49.8 Å². The van der Waals surface area contributed by atoms with Crippen LogP contribution in [0.5, 0.6) is 5.75 Å². The Morgan fingerprint density at radius 2 is 2.05 bits per heavy atom. The fourth-order valence-electron chi connectivity index (χ4n) is 2.95. The molecule has 1 N–H and O–H groups in total. The van der Waals surface area contributed by atoms with Crippen LogP contribution in [0.3, 0.4) is 0 Å². The molecule has 21 heavy (non-hydrogen) atoms. The number of likely N-dealkylation sites (N-methyl/N-ethyl adjacent to an activating group) is 1. The van der Waals surface area contributed by atoms with Crippen molar-refractivity contribution in [1.29, 1.82) is 0 Å². The summed E-state index contributed by atoms with van der Waals surface area (Å²) in [6.45, 7) is 2.81. The van der Waals surface area contributed by atoms with E-state index in [1.165, 1.54) is 6.42 Å². The van der Waals surface area contributed by atoms with Crippen LogP contribution in [0.1, 0.15) is 43.0 Å². The minimum Gasteiger partial charge on any atom is -0.491 e. The van der Waals surface area contributed by atoms with Crippen LogP contribution in [-0.2, 0) is 0 Å². The predicted octanol–water partition coefficient (Wildman–Crippen LogP) is 2.50. The third kappa shape index (κ3) is 4.29. The SMILES string of the molecule is CC(=O)c1ccccc1OCCN(C)C1CCCCC1O. The Morgan fingerprint density at radius 3 is 2.76 bits per heavy atom. The maximum Gasteiger partial charge on any atom is 0.163 e. The van der Waals surface area contributed by atoms with E-state index in [2.05, 4.69) is 4.90 Å². The second-order valence-corrected chi connectivity index (χ2v) is 5.80. The molecule has 116 valence electrons. The van der Waals surface area contributed by atoms with Gasteiger partial charge in [-0.15, -0.1) is 0 Å². The van der Waals surface area contributed by atoms with Gasteiger partial charge in [0.2, 0.25) is 0 Å². The first-order valence-electron chi connectivity index (χ1n) is 7.70. The molecule has 1 aromatic carbocycles. The number of nitrogens with zero attached hydrogens (tertiary/aromatic N) is 1. The van der Waals surface area contributed by atoms with Crippen LogP contribution in [0, 0.1) is 0 Å². The molecule has 0 bridgehead atoms. The molecule has 0 radical (unpaired) electrons. The molecule has 0 heterocycles. The van der Waals surface area contributed by atoms with Crippen molar-refractivity contribution in [3.05, 3.63) is 29.8 Å². The lowest BCUT2D eigenvalue weighted by molar-refractivity contribution is 0.0272. The highest BCUT2D eigenvalue weighted by Gasteiger charge is 2.26. The third-order valence-electron chi connectivity index (χ3n) is 4.23. The normalized spacial score (nSPS) is 22.3. The van der Waals surface area contributed by atoms with Crippen molar-refractivity contribution < 1.29 is 14.6 Å². The second-order valence-electron chi connectivity index (χ2n) is 5.80. The molecule has 4 heteroatoms. The van der Waals surface area contributed by atoms with Crippen molar-refractivity contribution >= 4 is 5.78 Å². The summed E-state index contributed by atoms with van der Waals surface area (Å²) in [6.07, 6.45) is 4.01. The number of hydrogen-bond acceptors (Lipinski definition) is 4. The largest absolute Gasteiger partial charge is 0.491 e. The summed E-state index contributed by atoms with van der Waals surface area (Å²) in [5.74, 6) is 0.657. The van der Waals surface area contributed by atoms with E-state index in [1.54, 1.807) is 13.0 Å². The molecule has 2 rings (SSSR count). The van der Waals surface area contributed by atoms with Crippen molar-refractivity contribution in [2.45, 2.75) is 44.8 Å². The number of aliphatic hydroxyl groups is 1. The van der Waals surface area contributed by atoms with Crippen LogP contribution < -0.4 is 4.74 Å². The van der Waals surface area contributed by atoms with Gasteiger partial charge in [-0.2, -0.15) is 0 Å². The number of carbonyl (C=O) groups excluding carboxylic acids is 1. The summed E-state index contributed by atoms with van der Waals surface area (Å²) in [7, 11) is 2.03. The molecule has 4 nitrogen and oxygen atoms in total. The summed E-state index contributed by atoms with van der Waals surface area (Å²) < 4.78 is 5.75. The number of aliphatic hydroxyl groups excluding tert-OH is 1. The van der Waals surface area contributed by atoms with Crippen LogP contribution in [0.4, 0.5) is 0 Å². The molecule has 1 saturated carbocycles. The number of para-hydroxylation sites is 1. The number of rotatable bonds is 6. The summed E-state index contributed by atoms with van der Waals surface area (Å²) in [6, 6.07) is 7.55. The van der Waals surface area contributed by atoms with E-state index < -0.39 is 0 Å². The van der Waals surface area contributed by atoms with Crippen LogP contribution in [-0.4, -0.2) is 48.1 Å². The summed E-state index contributed by atoms with van der Waals surface area (Å²) >= 11 is 0. The molecule has 1 aliphatic carbocycles. The highest BCUT2D eigenvalue weighted by Crippen LogP contribution is 2.22. The van der Waals surface area contributed by atoms with Gasteiger partial charge in [0.15, 0.2) is 5.78 Å². The van der Waals surface area contributed by atoms with Crippen molar-refractivity contribution in [2.24, 2.45) is 0 Å². The van der Waals surface area contributed by atoms with E-state index in [1.807, 2.05) is 25.2 Å². The summed E-state index contributed by atoms with van der Waals surface area (Å²) in [5.41, 5.74) is 0.623. The van der Waals surface area contributed by atoms with Gasteiger partial charge >= 0.3 is 0 Å². The van der Waals surface area contributed by atoms with Crippen molar-refractivity contribution in [1.82, 2.24) is 4.90 Å². The van der Waals surface area contributed by atoms with E-state index in [0.29, 0.717) is 17.9 Å². The van der Waals surface area contributed by atoms with Gasteiger partial charge in [0.25, 0.3) is 0 Å². The smallest absolute Gasteiger partial charge is 0.163 e. The van der Waals surface area contributed by atoms with Gasteiger partial charge in [0, 0.05) is 12.6 Å². The van der Waals surface area contributed by atoms with Crippen molar-refractivity contribution in [2.75, 3.05) is 20.2 Å². The Morgan fingerprint density at radius 1 is 1.33 bits per heavy atom. The number of ether oxygens (including phenoxy) is 1. The molecule has 0 spiro atoms. The average molecular weight is 291 g/mol. The minimum absolute atomic E-state index is 0.0154. The van der Waals surface area contributed by atoms with Gasteiger partial charge in [-0.1, -0.05) is 25.0 Å². The number of Topliss-reactive ketones (excluding diaryl/α,β-unsaturated/α-hetero) is 1. The molecule has 0 aliphatic heterocycles. The molecule has 2 unspecified atom stereocenters. The molecule has 0 amide bonds. The van der Waals surface area contributed by atoms with Gasteiger partial charge in [-0.05, 0) is 38.9 Å². The van der Waals surface area contributed by atoms with Gasteiger partial charge in [0.05, 0.1) is 11.7 Å². The Kier molecular flexibility index (Phi) is 5.76. The third-order valence-corrected chi connectivity index (χ3v) is 4.23. The predicted molar refractivity (Wildman–Crippen MR) is 82.8 cm³/mol. The number of ketones is 1. The average Bonchev–Trinajstić information content (AvgIpc) is 2.48. The zero-order chi connectivity index (χ0) is 15.2. The number of carbonyl (C=O) groups is 1. The lowest BCUT2D eigenvalue weighted by atomic mass is 9.92. The van der Waals surface area contributed by atoms with Crippen molar-refractivity contribution in [3.8, 4) is 5.75 Å². The van der Waals surface area contributed by atoms with E-state index in [9.17, 15) is 9.90 Å². The zero-order valence-electron chi connectivity index (χ0n) is 12.9. The minimum atomic E-state index is -0.228.